The van der Waals surface area contributed by atoms with E-state index in [1.807, 2.05) is 12.1 Å². The van der Waals surface area contributed by atoms with E-state index in [1.165, 1.54) is 27.8 Å². The molecule has 25 heavy (non-hydrogen) atoms. The van der Waals surface area contributed by atoms with Gasteiger partial charge < -0.3 is 0 Å². The van der Waals surface area contributed by atoms with Crippen molar-refractivity contribution < 1.29 is 20.4 Å². The Balaban J connectivity index is 0.00000182. The molecule has 0 saturated carbocycles. The quantitative estimate of drug-likeness (QED) is 0.267. The normalized spacial score (nSPS) is 10.1. The number of rotatable bonds is 3. The van der Waals surface area contributed by atoms with Crippen LogP contribution < -0.4 is 0 Å². The van der Waals surface area contributed by atoms with Crippen molar-refractivity contribution in [2.45, 2.75) is 0 Å². The fraction of sp³-hybridized carbons (Fsp3) is 0. The molecule has 0 aliphatic heterocycles. The van der Waals surface area contributed by atoms with Crippen molar-refractivity contribution in [1.82, 2.24) is 0 Å². The van der Waals surface area contributed by atoms with Gasteiger partial charge in [0.25, 0.3) is 0 Å². The van der Waals surface area contributed by atoms with Crippen LogP contribution in [0.4, 0.5) is 0 Å². The van der Waals surface area contributed by atoms with Crippen LogP contribution in [0.5, 0.6) is 0 Å². The van der Waals surface area contributed by atoms with E-state index in [-0.39, 0.29) is 20.4 Å². The molecule has 0 atom stereocenters. The van der Waals surface area contributed by atoms with Gasteiger partial charge in [-0.1, -0.05) is 113 Å². The first-order valence-corrected chi connectivity index (χ1v) is 8.14. The fourth-order valence-electron chi connectivity index (χ4n) is 3.09. The Bertz CT molecular complexity index is 872. The molecular weight excluding hydrogens is 395 g/mol. The molecule has 0 heterocycles. The molecule has 0 nitrogen and oxygen atoms in total. The molecule has 4 rings (SSSR count). The van der Waals surface area contributed by atoms with Gasteiger partial charge in [-0.05, 0) is 5.56 Å². The van der Waals surface area contributed by atoms with Gasteiger partial charge in [0.1, 0.15) is 0 Å². The molecule has 0 aliphatic rings. The van der Waals surface area contributed by atoms with E-state index in [2.05, 4.69) is 97.1 Å². The Kier molecular flexibility index (Phi) is 5.61. The summed E-state index contributed by atoms with van der Waals surface area (Å²) in [7, 11) is 0. The average molecular weight is 412 g/mol. The minimum absolute atomic E-state index is 0. The number of hydrogen-bond acceptors (Lipinski definition) is 0. The van der Waals surface area contributed by atoms with Gasteiger partial charge in [-0.3, -0.25) is 0 Å². The van der Waals surface area contributed by atoms with Gasteiger partial charge in [0.05, 0.1) is 0 Å². The molecule has 0 amide bonds. The van der Waals surface area contributed by atoms with Crippen molar-refractivity contribution in [2.24, 2.45) is 0 Å². The maximum absolute atomic E-state index is 3.46. The Morgan fingerprint density at radius 3 is 1.52 bits per heavy atom. The van der Waals surface area contributed by atoms with E-state index in [4.69, 9.17) is 0 Å². The maximum Gasteiger partial charge on any atom is 0 e. The summed E-state index contributed by atoms with van der Waals surface area (Å²) in [5.41, 5.74) is 7.24. The van der Waals surface area contributed by atoms with Gasteiger partial charge >= 0.3 is 0 Å². The average Bonchev–Trinajstić information content (AvgIpc) is 2.69. The van der Waals surface area contributed by atoms with Crippen LogP contribution in [0.25, 0.3) is 33.4 Å². The molecule has 0 bridgehead atoms. The van der Waals surface area contributed by atoms with Gasteiger partial charge in [-0.25, -0.2) is 0 Å². The summed E-state index contributed by atoms with van der Waals surface area (Å²) < 4.78 is 0. The van der Waals surface area contributed by atoms with E-state index in [0.29, 0.717) is 0 Å². The van der Waals surface area contributed by atoms with Crippen LogP contribution in [0.1, 0.15) is 0 Å². The molecule has 4 aromatic carbocycles. The summed E-state index contributed by atoms with van der Waals surface area (Å²) in [4.78, 5) is 0. The summed E-state index contributed by atoms with van der Waals surface area (Å²) in [6.45, 7) is 0. The van der Waals surface area contributed by atoms with E-state index in [9.17, 15) is 0 Å². The van der Waals surface area contributed by atoms with Gasteiger partial charge in [0, 0.05) is 20.4 Å². The van der Waals surface area contributed by atoms with Crippen LogP contribution in [0.2, 0.25) is 0 Å². The topological polar surface area (TPSA) is 0 Å². The first-order chi connectivity index (χ1) is 11.9. The maximum atomic E-state index is 3.46. The Hall–Kier alpha value is -2.46. The molecule has 4 aromatic rings. The minimum atomic E-state index is 0. The summed E-state index contributed by atoms with van der Waals surface area (Å²) >= 11 is 0. The molecule has 124 valence electrons. The van der Waals surface area contributed by atoms with Crippen LogP contribution in [0.15, 0.2) is 103 Å². The predicted octanol–water partition coefficient (Wildman–Crippen LogP) is 6.49. The molecule has 0 unspecified atom stereocenters. The second-order valence-corrected chi connectivity index (χ2v) is 5.74. The summed E-state index contributed by atoms with van der Waals surface area (Å²) in [6.07, 6.45) is 0. The van der Waals surface area contributed by atoms with Crippen LogP contribution in [-0.2, 0) is 20.4 Å². The van der Waals surface area contributed by atoms with Gasteiger partial charge in [-0.15, -0.1) is 23.8 Å². The van der Waals surface area contributed by atoms with Crippen molar-refractivity contribution >= 4 is 0 Å². The molecule has 0 radical (unpaired) electrons. The largest absolute Gasteiger partial charge is 0.146 e. The minimum Gasteiger partial charge on any atom is -0.146 e. The summed E-state index contributed by atoms with van der Waals surface area (Å²) in [5.74, 6) is 0. The third kappa shape index (κ3) is 3.64. The van der Waals surface area contributed by atoms with Crippen molar-refractivity contribution in [3.05, 3.63) is 109 Å². The Morgan fingerprint density at radius 2 is 0.960 bits per heavy atom. The zero-order chi connectivity index (χ0) is 16.2. The van der Waals surface area contributed by atoms with E-state index in [0.717, 1.165) is 5.56 Å². The molecule has 0 saturated heterocycles. The summed E-state index contributed by atoms with van der Waals surface area (Å²) in [6, 6.07) is 39.3. The second-order valence-electron chi connectivity index (χ2n) is 5.74. The molecule has 0 spiro atoms. The third-order valence-corrected chi connectivity index (χ3v) is 4.21. The van der Waals surface area contributed by atoms with Gasteiger partial charge in [0.2, 0.25) is 0 Å². The molecule has 0 fully saturated rings. The first-order valence-electron chi connectivity index (χ1n) is 8.14. The van der Waals surface area contributed by atoms with Crippen molar-refractivity contribution in [2.75, 3.05) is 0 Å². The first kappa shape index (κ1) is 17.4. The van der Waals surface area contributed by atoms with E-state index in [1.54, 1.807) is 0 Å². The van der Waals surface area contributed by atoms with E-state index >= 15 is 0 Å². The SMILES string of the molecule is [Pd].[c-]1ccc(-c2ccccc2)c(-c2ccccc2)c1-c1ccccc1. The fourth-order valence-corrected chi connectivity index (χ4v) is 3.09. The van der Waals surface area contributed by atoms with Crippen LogP contribution in [0, 0.1) is 6.07 Å². The monoisotopic (exact) mass is 411 g/mol. The van der Waals surface area contributed by atoms with Crippen molar-refractivity contribution in [1.29, 1.82) is 0 Å². The van der Waals surface area contributed by atoms with Crippen LogP contribution in [-0.4, -0.2) is 0 Å². The molecule has 0 N–H and O–H groups in total. The summed E-state index contributed by atoms with van der Waals surface area (Å²) in [5, 5.41) is 0. The molecule has 0 aromatic heterocycles. The third-order valence-electron chi connectivity index (χ3n) is 4.21. The number of benzene rings is 4. The second kappa shape index (κ2) is 8.08. The molecule has 0 aliphatic carbocycles. The van der Waals surface area contributed by atoms with E-state index < -0.39 is 0 Å². The van der Waals surface area contributed by atoms with Crippen LogP contribution >= 0.6 is 0 Å². The van der Waals surface area contributed by atoms with Gasteiger partial charge in [0.15, 0.2) is 0 Å². The van der Waals surface area contributed by atoms with Crippen molar-refractivity contribution in [3.63, 3.8) is 0 Å². The predicted molar refractivity (Wildman–Crippen MR) is 102 cm³/mol. The standard InChI is InChI=1S/C24H17.Pd/c1-4-11-19(12-5-1)22-17-10-18-23(20-13-6-2-7-14-20)24(22)21-15-8-3-9-16-21;/h1-17H;/q-1;. The van der Waals surface area contributed by atoms with Crippen molar-refractivity contribution in [3.8, 4) is 33.4 Å². The Labute approximate surface area is 162 Å². The number of hydrogen-bond donors (Lipinski definition) is 0. The zero-order valence-electron chi connectivity index (χ0n) is 13.6. The molecular formula is C24H17Pd-. The Morgan fingerprint density at radius 1 is 0.480 bits per heavy atom. The van der Waals surface area contributed by atoms with Gasteiger partial charge in [-0.2, -0.15) is 0 Å². The van der Waals surface area contributed by atoms with Crippen LogP contribution in [0.3, 0.4) is 0 Å². The zero-order valence-corrected chi connectivity index (χ0v) is 15.2. The smallest absolute Gasteiger partial charge is 0 e. The molecule has 1 heteroatoms.